The molecule has 37 heavy (non-hydrogen) atoms. The number of carbonyl (C=O) groups excluding carboxylic acids is 1. The Hall–Kier alpha value is -2.85. The van der Waals surface area contributed by atoms with Crippen molar-refractivity contribution in [1.29, 1.82) is 0 Å². The summed E-state index contributed by atoms with van der Waals surface area (Å²) < 4.78 is 56.6. The van der Waals surface area contributed by atoms with Crippen LogP contribution >= 0.6 is 23.2 Å². The molecule has 196 valence electrons. The van der Waals surface area contributed by atoms with E-state index >= 15 is 0 Å². The molecule has 0 aromatic heterocycles. The maximum atomic E-state index is 14.4. The third kappa shape index (κ3) is 6.54. The van der Waals surface area contributed by atoms with Gasteiger partial charge in [0.05, 0.1) is 28.8 Å². The lowest BCUT2D eigenvalue weighted by atomic mass is 10.1. The second kappa shape index (κ2) is 11.7. The molecule has 0 aliphatic carbocycles. The Kier molecular flexibility index (Phi) is 8.59. The van der Waals surface area contributed by atoms with Crippen molar-refractivity contribution < 1.29 is 31.3 Å². The van der Waals surface area contributed by atoms with Gasteiger partial charge < -0.3 is 18.6 Å². The highest BCUT2D eigenvalue weighted by Gasteiger charge is 2.26. The topological polar surface area (TPSA) is 82.1 Å². The van der Waals surface area contributed by atoms with E-state index in [0.29, 0.717) is 12.2 Å². The molecule has 1 atom stereocenters. The largest absolute Gasteiger partial charge is 0.493 e. The van der Waals surface area contributed by atoms with E-state index < -0.39 is 21.8 Å². The first kappa shape index (κ1) is 27.2. The van der Waals surface area contributed by atoms with Crippen molar-refractivity contribution >= 4 is 39.2 Å². The van der Waals surface area contributed by atoms with Gasteiger partial charge in [-0.2, -0.15) is 8.42 Å². The van der Waals surface area contributed by atoms with Crippen LogP contribution in [-0.2, 0) is 21.4 Å². The summed E-state index contributed by atoms with van der Waals surface area (Å²) in [6.45, 7) is 0.899. The molecule has 4 rings (SSSR count). The predicted octanol–water partition coefficient (Wildman–Crippen LogP) is 5.73. The van der Waals surface area contributed by atoms with Crippen LogP contribution in [0.1, 0.15) is 28.8 Å². The van der Waals surface area contributed by atoms with Crippen LogP contribution in [0.3, 0.4) is 0 Å². The van der Waals surface area contributed by atoms with Crippen molar-refractivity contribution in [2.45, 2.75) is 30.4 Å². The van der Waals surface area contributed by atoms with Gasteiger partial charge in [-0.3, -0.25) is 4.79 Å². The first-order valence-corrected chi connectivity index (χ1v) is 13.6. The molecule has 1 fully saturated rings. The van der Waals surface area contributed by atoms with Crippen molar-refractivity contribution in [3.05, 3.63) is 87.7 Å². The molecule has 7 nitrogen and oxygen atoms in total. The van der Waals surface area contributed by atoms with Crippen molar-refractivity contribution in [3.8, 4) is 11.5 Å². The Morgan fingerprint density at radius 2 is 1.86 bits per heavy atom. The zero-order valence-electron chi connectivity index (χ0n) is 19.8. The average molecular weight is 568 g/mol. The highest BCUT2D eigenvalue weighted by atomic mass is 35.5. The van der Waals surface area contributed by atoms with Crippen molar-refractivity contribution in [2.24, 2.45) is 0 Å². The van der Waals surface area contributed by atoms with E-state index in [4.69, 9.17) is 36.9 Å². The summed E-state index contributed by atoms with van der Waals surface area (Å²) in [6.07, 6.45) is 1.47. The minimum absolute atomic E-state index is 0.0558. The molecule has 1 unspecified atom stereocenters. The van der Waals surface area contributed by atoms with E-state index in [1.165, 1.54) is 60.5 Å². The number of carbonyl (C=O) groups is 1. The number of rotatable bonds is 9. The fourth-order valence-corrected chi connectivity index (χ4v) is 5.28. The molecule has 0 spiro atoms. The van der Waals surface area contributed by atoms with Crippen LogP contribution in [0.2, 0.25) is 10.0 Å². The molecule has 1 aliphatic heterocycles. The zero-order valence-corrected chi connectivity index (χ0v) is 22.2. The van der Waals surface area contributed by atoms with Gasteiger partial charge in [0.2, 0.25) is 0 Å². The Labute approximate surface area is 224 Å². The highest BCUT2D eigenvalue weighted by molar-refractivity contribution is 7.87. The van der Waals surface area contributed by atoms with E-state index in [2.05, 4.69) is 0 Å². The van der Waals surface area contributed by atoms with Crippen molar-refractivity contribution in [2.75, 3.05) is 20.3 Å². The second-order valence-electron chi connectivity index (χ2n) is 8.40. The molecule has 0 bridgehead atoms. The van der Waals surface area contributed by atoms with Crippen LogP contribution in [0.25, 0.3) is 0 Å². The Morgan fingerprint density at radius 3 is 2.54 bits per heavy atom. The van der Waals surface area contributed by atoms with Crippen LogP contribution in [0.5, 0.6) is 11.5 Å². The van der Waals surface area contributed by atoms with Crippen LogP contribution in [0.15, 0.2) is 65.6 Å². The van der Waals surface area contributed by atoms with E-state index in [0.717, 1.165) is 12.8 Å². The zero-order chi connectivity index (χ0) is 26.6. The summed E-state index contributed by atoms with van der Waals surface area (Å²) in [7, 11) is -2.91. The highest BCUT2D eigenvalue weighted by Crippen LogP contribution is 2.33. The third-order valence-electron chi connectivity index (χ3n) is 5.82. The molecule has 0 N–H and O–H groups in total. The molecule has 1 aliphatic rings. The Morgan fingerprint density at radius 1 is 1.08 bits per heavy atom. The number of ether oxygens (including phenoxy) is 2. The maximum absolute atomic E-state index is 14.4. The van der Waals surface area contributed by atoms with Crippen LogP contribution < -0.4 is 8.92 Å². The normalized spacial score (nSPS) is 15.4. The molecule has 11 heteroatoms. The number of hydrogen-bond acceptors (Lipinski definition) is 6. The van der Waals surface area contributed by atoms with Gasteiger partial charge in [0.1, 0.15) is 10.7 Å². The van der Waals surface area contributed by atoms with Gasteiger partial charge in [-0.25, -0.2) is 4.39 Å². The maximum Gasteiger partial charge on any atom is 0.339 e. The van der Waals surface area contributed by atoms with E-state index in [-0.39, 0.29) is 51.2 Å². The molecular formula is C26H24Cl2FNO6S. The smallest absolute Gasteiger partial charge is 0.339 e. The molecule has 0 radical (unpaired) electrons. The number of halogens is 3. The molecule has 3 aromatic rings. The van der Waals surface area contributed by atoms with E-state index in [1.54, 1.807) is 12.1 Å². The first-order chi connectivity index (χ1) is 17.7. The monoisotopic (exact) mass is 567 g/mol. The predicted molar refractivity (Wildman–Crippen MR) is 137 cm³/mol. The third-order valence-corrected chi connectivity index (χ3v) is 7.79. The summed E-state index contributed by atoms with van der Waals surface area (Å²) in [6, 6.07) is 14.2. The Bertz CT molecular complexity index is 1400. The lowest BCUT2D eigenvalue weighted by molar-refractivity contribution is 0.0503. The van der Waals surface area contributed by atoms with Gasteiger partial charge in [-0.1, -0.05) is 41.4 Å². The molecule has 1 amide bonds. The quantitative estimate of drug-likeness (QED) is 0.307. The molecule has 1 heterocycles. The lowest BCUT2D eigenvalue weighted by Gasteiger charge is -2.26. The van der Waals surface area contributed by atoms with E-state index in [1.807, 2.05) is 0 Å². The van der Waals surface area contributed by atoms with Gasteiger partial charge in [0.25, 0.3) is 5.91 Å². The lowest BCUT2D eigenvalue weighted by Crippen LogP contribution is -2.37. The fraction of sp³-hybridized carbons (Fsp3) is 0.269. The average Bonchev–Trinajstić information content (AvgIpc) is 3.38. The number of hydrogen-bond donors (Lipinski definition) is 0. The minimum atomic E-state index is -4.29. The summed E-state index contributed by atoms with van der Waals surface area (Å²) in [4.78, 5) is 14.6. The van der Waals surface area contributed by atoms with Gasteiger partial charge in [0, 0.05) is 19.7 Å². The SMILES string of the molecule is COc1ccc(CN(CC2CCCO2)C(=O)c2ccccc2F)cc1OS(=O)(=O)c1ccc(Cl)c(Cl)c1. The summed E-state index contributed by atoms with van der Waals surface area (Å²) in [5.74, 6) is -1.05. The molecular weight excluding hydrogens is 544 g/mol. The molecule has 3 aromatic carbocycles. The van der Waals surface area contributed by atoms with Gasteiger partial charge >= 0.3 is 10.1 Å². The Balaban J connectivity index is 1.63. The van der Waals surface area contributed by atoms with Gasteiger partial charge in [-0.05, 0) is 60.9 Å². The molecule has 0 saturated carbocycles. The van der Waals surface area contributed by atoms with Crippen LogP contribution in [-0.4, -0.2) is 45.6 Å². The summed E-state index contributed by atoms with van der Waals surface area (Å²) in [5.41, 5.74) is 0.482. The van der Waals surface area contributed by atoms with Crippen molar-refractivity contribution in [3.63, 3.8) is 0 Å². The van der Waals surface area contributed by atoms with E-state index in [9.17, 15) is 17.6 Å². The number of amides is 1. The van der Waals surface area contributed by atoms with Crippen LogP contribution in [0.4, 0.5) is 4.39 Å². The fourth-order valence-electron chi connectivity index (χ4n) is 3.96. The summed E-state index contributed by atoms with van der Waals surface area (Å²) in [5, 5.41) is 0.259. The summed E-state index contributed by atoms with van der Waals surface area (Å²) >= 11 is 11.9. The standard InChI is InChI=1S/C26H24Cl2FNO6S/c1-34-24-11-8-17(13-25(24)36-37(32,33)19-9-10-21(27)22(28)14-19)15-30(16-18-5-4-12-35-18)26(31)20-6-2-3-7-23(20)29/h2-3,6-11,13-14,18H,4-5,12,15-16H2,1H3. The second-order valence-corrected chi connectivity index (χ2v) is 10.8. The van der Waals surface area contributed by atoms with Gasteiger partial charge in [-0.15, -0.1) is 0 Å². The number of nitrogens with zero attached hydrogens (tertiary/aromatic N) is 1. The first-order valence-electron chi connectivity index (χ1n) is 11.4. The minimum Gasteiger partial charge on any atom is -0.493 e. The number of benzene rings is 3. The van der Waals surface area contributed by atoms with Crippen LogP contribution in [0, 0.1) is 5.82 Å². The van der Waals surface area contributed by atoms with Gasteiger partial charge in [0.15, 0.2) is 11.5 Å². The number of methoxy groups -OCH3 is 1. The molecule has 1 saturated heterocycles. The van der Waals surface area contributed by atoms with Crippen molar-refractivity contribution in [1.82, 2.24) is 4.90 Å².